The Morgan fingerprint density at radius 2 is 2.00 bits per heavy atom. The molecule has 0 radical (unpaired) electrons. The second-order valence-corrected chi connectivity index (χ2v) is 7.43. The van der Waals surface area contributed by atoms with Crippen molar-refractivity contribution in [2.24, 2.45) is 0 Å². The molecule has 0 bridgehead atoms. The summed E-state index contributed by atoms with van der Waals surface area (Å²) in [6.07, 6.45) is 3.39. The summed E-state index contributed by atoms with van der Waals surface area (Å²) in [7, 11) is 0. The van der Waals surface area contributed by atoms with Crippen molar-refractivity contribution in [3.8, 4) is 11.3 Å². The van der Waals surface area contributed by atoms with Crippen molar-refractivity contribution in [1.29, 1.82) is 0 Å². The molecule has 142 valence electrons. The van der Waals surface area contributed by atoms with Gasteiger partial charge in [-0.25, -0.2) is 0 Å². The number of likely N-dealkylation sites (tertiary alicyclic amines) is 1. The number of carbonyl (C=O) groups is 1. The molecule has 28 heavy (non-hydrogen) atoms. The first kappa shape index (κ1) is 18.4. The molecule has 0 unspecified atom stereocenters. The van der Waals surface area contributed by atoms with Crippen LogP contribution in [0.2, 0.25) is 5.02 Å². The summed E-state index contributed by atoms with van der Waals surface area (Å²) in [5.41, 5.74) is 3.13. The van der Waals surface area contributed by atoms with Gasteiger partial charge in [0, 0.05) is 47.6 Å². The number of amides is 1. The highest BCUT2D eigenvalue weighted by molar-refractivity contribution is 6.30. The third-order valence-electron chi connectivity index (χ3n) is 5.05. The quantitative estimate of drug-likeness (QED) is 0.728. The largest absolute Gasteiger partial charge is 0.338 e. The molecule has 1 atom stereocenters. The van der Waals surface area contributed by atoms with E-state index in [1.165, 1.54) is 12.3 Å². The first-order valence-corrected chi connectivity index (χ1v) is 9.69. The average Bonchev–Trinajstić information content (AvgIpc) is 2.74. The lowest BCUT2D eigenvalue weighted by molar-refractivity contribution is 0.0705. The number of nitrogens with one attached hydrogen (secondary N) is 1. The lowest BCUT2D eigenvalue weighted by atomic mass is 9.93. The standard InChI is InChI=1S/C22H20ClN3O2/c23-18-6-1-4-15(12-18)19-7-2-8-20(25-19)17-5-3-11-26(14-17)22(28)16-9-10-21(27)24-13-16/h1-2,4,6-10,12-13,17H,3,5,11,14H2,(H,24,27)/t17-/m0/s1. The molecule has 5 nitrogen and oxygen atoms in total. The first-order valence-electron chi connectivity index (χ1n) is 9.31. The van der Waals surface area contributed by atoms with Gasteiger partial charge >= 0.3 is 0 Å². The van der Waals surface area contributed by atoms with Gasteiger partial charge < -0.3 is 9.88 Å². The minimum atomic E-state index is -0.213. The minimum Gasteiger partial charge on any atom is -0.338 e. The molecule has 2 aromatic heterocycles. The maximum absolute atomic E-state index is 12.8. The van der Waals surface area contributed by atoms with Crippen molar-refractivity contribution in [3.05, 3.63) is 87.4 Å². The summed E-state index contributed by atoms with van der Waals surface area (Å²) in [5, 5.41) is 0.681. The van der Waals surface area contributed by atoms with Crippen LogP contribution in [0.3, 0.4) is 0 Å². The maximum Gasteiger partial charge on any atom is 0.255 e. The van der Waals surface area contributed by atoms with Gasteiger partial charge in [-0.05, 0) is 43.2 Å². The zero-order valence-corrected chi connectivity index (χ0v) is 16.0. The Kier molecular flexibility index (Phi) is 5.26. The highest BCUT2D eigenvalue weighted by atomic mass is 35.5. The van der Waals surface area contributed by atoms with Crippen molar-refractivity contribution in [1.82, 2.24) is 14.9 Å². The molecule has 1 fully saturated rings. The molecule has 1 saturated heterocycles. The SMILES string of the molecule is O=C(c1ccc(=O)[nH]c1)N1CCC[C@H](c2cccc(-c3cccc(Cl)c3)n2)C1. The second-order valence-electron chi connectivity index (χ2n) is 6.99. The molecule has 1 amide bonds. The third kappa shape index (κ3) is 3.99. The van der Waals surface area contributed by atoms with E-state index in [1.54, 1.807) is 6.07 Å². The Balaban J connectivity index is 1.55. The van der Waals surface area contributed by atoms with Crippen LogP contribution in [-0.2, 0) is 0 Å². The predicted octanol–water partition coefficient (Wildman–Crippen LogP) is 4.11. The number of rotatable bonds is 3. The molecular weight excluding hydrogens is 374 g/mol. The van der Waals surface area contributed by atoms with Crippen molar-refractivity contribution >= 4 is 17.5 Å². The third-order valence-corrected chi connectivity index (χ3v) is 5.28. The normalized spacial score (nSPS) is 16.8. The Hall–Kier alpha value is -2.92. The average molecular weight is 394 g/mol. The molecule has 6 heteroatoms. The van der Waals surface area contributed by atoms with Gasteiger partial charge in [0.25, 0.3) is 5.91 Å². The molecule has 1 aliphatic rings. The number of halogens is 1. The van der Waals surface area contributed by atoms with Gasteiger partial charge in [0.05, 0.1) is 11.3 Å². The first-order chi connectivity index (χ1) is 13.6. The predicted molar refractivity (Wildman–Crippen MR) is 110 cm³/mol. The summed E-state index contributed by atoms with van der Waals surface area (Å²) in [6.45, 7) is 1.33. The van der Waals surface area contributed by atoms with Gasteiger partial charge in [-0.2, -0.15) is 0 Å². The molecule has 0 aliphatic carbocycles. The van der Waals surface area contributed by atoms with Gasteiger partial charge in [-0.1, -0.05) is 29.8 Å². The van der Waals surface area contributed by atoms with Gasteiger partial charge in [0.2, 0.25) is 5.56 Å². The molecule has 3 aromatic rings. The van der Waals surface area contributed by atoms with E-state index in [1.807, 2.05) is 47.4 Å². The van der Waals surface area contributed by atoms with E-state index in [9.17, 15) is 9.59 Å². The summed E-state index contributed by atoms with van der Waals surface area (Å²) < 4.78 is 0. The highest BCUT2D eigenvalue weighted by Crippen LogP contribution is 2.29. The number of benzene rings is 1. The lowest BCUT2D eigenvalue weighted by Crippen LogP contribution is -2.39. The van der Waals surface area contributed by atoms with Crippen molar-refractivity contribution in [2.75, 3.05) is 13.1 Å². The number of aromatic nitrogens is 2. The van der Waals surface area contributed by atoms with E-state index in [-0.39, 0.29) is 17.4 Å². The zero-order valence-electron chi connectivity index (χ0n) is 15.3. The van der Waals surface area contributed by atoms with Crippen LogP contribution in [0, 0.1) is 0 Å². The van der Waals surface area contributed by atoms with Crippen LogP contribution in [0.25, 0.3) is 11.3 Å². The van der Waals surface area contributed by atoms with E-state index >= 15 is 0 Å². The highest BCUT2D eigenvalue weighted by Gasteiger charge is 2.26. The van der Waals surface area contributed by atoms with Crippen LogP contribution in [0.4, 0.5) is 0 Å². The monoisotopic (exact) mass is 393 g/mol. The summed E-state index contributed by atoms with van der Waals surface area (Å²) in [5.74, 6) is 0.117. The van der Waals surface area contributed by atoms with Gasteiger partial charge in [-0.15, -0.1) is 0 Å². The van der Waals surface area contributed by atoms with Gasteiger partial charge in [0.15, 0.2) is 0 Å². The van der Waals surface area contributed by atoms with E-state index in [0.717, 1.165) is 29.8 Å². The molecule has 1 aromatic carbocycles. The fraction of sp³-hybridized carbons (Fsp3) is 0.227. The number of hydrogen-bond acceptors (Lipinski definition) is 3. The lowest BCUT2D eigenvalue weighted by Gasteiger charge is -2.32. The van der Waals surface area contributed by atoms with Crippen molar-refractivity contribution in [3.63, 3.8) is 0 Å². The Morgan fingerprint density at radius 3 is 2.79 bits per heavy atom. The summed E-state index contributed by atoms with van der Waals surface area (Å²) in [6, 6.07) is 16.6. The fourth-order valence-corrected chi connectivity index (χ4v) is 3.81. The topological polar surface area (TPSA) is 66.1 Å². The molecule has 4 rings (SSSR count). The van der Waals surface area contributed by atoms with Crippen LogP contribution < -0.4 is 5.56 Å². The minimum absolute atomic E-state index is 0.0630. The van der Waals surface area contributed by atoms with Crippen LogP contribution in [0.5, 0.6) is 0 Å². The van der Waals surface area contributed by atoms with Gasteiger partial charge in [0.1, 0.15) is 0 Å². The molecule has 0 saturated carbocycles. The summed E-state index contributed by atoms with van der Waals surface area (Å²) in [4.78, 5) is 33.3. The van der Waals surface area contributed by atoms with Gasteiger partial charge in [-0.3, -0.25) is 14.6 Å². The molecule has 3 heterocycles. The molecule has 0 spiro atoms. The van der Waals surface area contributed by atoms with Crippen LogP contribution in [0.15, 0.2) is 65.6 Å². The van der Waals surface area contributed by atoms with Crippen molar-refractivity contribution in [2.45, 2.75) is 18.8 Å². The fourth-order valence-electron chi connectivity index (χ4n) is 3.62. The summed E-state index contributed by atoms with van der Waals surface area (Å²) >= 11 is 6.11. The number of pyridine rings is 2. The number of H-pyrrole nitrogens is 1. The van der Waals surface area contributed by atoms with Crippen molar-refractivity contribution < 1.29 is 4.79 Å². The van der Waals surface area contributed by atoms with Crippen LogP contribution in [-0.4, -0.2) is 33.9 Å². The van der Waals surface area contributed by atoms with Crippen LogP contribution in [0.1, 0.15) is 34.8 Å². The number of piperidine rings is 1. The number of aromatic amines is 1. The molecule has 1 N–H and O–H groups in total. The number of hydrogen-bond donors (Lipinski definition) is 1. The zero-order chi connectivity index (χ0) is 19.5. The Morgan fingerprint density at radius 1 is 1.14 bits per heavy atom. The number of nitrogens with zero attached hydrogens (tertiary/aromatic N) is 2. The van der Waals surface area contributed by atoms with E-state index in [0.29, 0.717) is 23.7 Å². The second kappa shape index (κ2) is 7.98. The van der Waals surface area contributed by atoms with E-state index < -0.39 is 0 Å². The Labute approximate surface area is 168 Å². The van der Waals surface area contributed by atoms with E-state index in [2.05, 4.69) is 4.98 Å². The Bertz CT molecular complexity index is 1040. The van der Waals surface area contributed by atoms with Crippen LogP contribution >= 0.6 is 11.6 Å². The molecular formula is C22H20ClN3O2. The maximum atomic E-state index is 12.8. The molecule has 1 aliphatic heterocycles. The number of carbonyl (C=O) groups excluding carboxylic acids is 1. The van der Waals surface area contributed by atoms with E-state index in [4.69, 9.17) is 16.6 Å². The smallest absolute Gasteiger partial charge is 0.255 e.